The molecule has 47 heavy (non-hydrogen) atoms. The summed E-state index contributed by atoms with van der Waals surface area (Å²) in [7, 11) is -2.88. The van der Waals surface area contributed by atoms with Gasteiger partial charge in [-0.25, -0.2) is 18.7 Å². The molecule has 1 aliphatic carbocycles. The van der Waals surface area contributed by atoms with E-state index in [-0.39, 0.29) is 34.8 Å². The molecule has 7 nitrogen and oxygen atoms in total. The van der Waals surface area contributed by atoms with Crippen LogP contribution in [0.2, 0.25) is 5.04 Å². The molecule has 2 atom stereocenters. The van der Waals surface area contributed by atoms with Crippen molar-refractivity contribution in [1.82, 2.24) is 19.5 Å². The molecule has 2 aromatic heterocycles. The molecule has 4 aromatic carbocycles. The van der Waals surface area contributed by atoms with Crippen LogP contribution < -0.4 is 21.4 Å². The fourth-order valence-corrected chi connectivity index (χ4v) is 11.6. The van der Waals surface area contributed by atoms with E-state index in [1.807, 2.05) is 18.2 Å². The summed E-state index contributed by atoms with van der Waals surface area (Å²) in [5, 5.41) is 5.65. The summed E-state index contributed by atoms with van der Waals surface area (Å²) in [6.45, 7) is 6.77. The van der Waals surface area contributed by atoms with Crippen LogP contribution in [-0.2, 0) is 4.43 Å². The summed E-state index contributed by atoms with van der Waals surface area (Å²) in [6, 6.07) is 30.1. The van der Waals surface area contributed by atoms with Gasteiger partial charge < -0.3 is 15.5 Å². The fourth-order valence-electron chi connectivity index (χ4n) is 6.87. The Morgan fingerprint density at radius 1 is 0.830 bits per heavy atom. The number of hydrogen-bond acceptors (Lipinski definition) is 6. The number of imidazole rings is 1. The Kier molecular flexibility index (Phi) is 7.85. The molecule has 6 aromatic rings. The highest BCUT2D eigenvalue weighted by molar-refractivity contribution is 6.99. The van der Waals surface area contributed by atoms with Crippen molar-refractivity contribution in [2.45, 2.75) is 50.8 Å². The van der Waals surface area contributed by atoms with E-state index in [0.29, 0.717) is 35.4 Å². The molecule has 3 N–H and O–H groups in total. The van der Waals surface area contributed by atoms with Crippen LogP contribution in [0.5, 0.6) is 0 Å². The number of nitrogens with zero attached hydrogens (tertiary/aromatic N) is 4. The van der Waals surface area contributed by atoms with E-state index < -0.39 is 8.32 Å². The number of nitrogens with one attached hydrogen (secondary N) is 1. The summed E-state index contributed by atoms with van der Waals surface area (Å²) in [5.41, 5.74) is 9.60. The van der Waals surface area contributed by atoms with Crippen molar-refractivity contribution in [2.75, 3.05) is 11.1 Å². The van der Waals surface area contributed by atoms with Gasteiger partial charge in [-0.15, -0.1) is 0 Å². The second-order valence-corrected chi connectivity index (χ2v) is 17.3. The molecule has 0 spiro atoms. The molecule has 2 heterocycles. The van der Waals surface area contributed by atoms with Gasteiger partial charge >= 0.3 is 0 Å². The predicted octanol–water partition coefficient (Wildman–Crippen LogP) is 7.24. The number of aromatic nitrogens is 4. The first-order chi connectivity index (χ1) is 22.6. The molecular formula is C37H36F2N6OSi. The highest BCUT2D eigenvalue weighted by Crippen LogP contribution is 2.46. The molecule has 0 unspecified atom stereocenters. The third kappa shape index (κ3) is 5.57. The molecule has 0 amide bonds. The van der Waals surface area contributed by atoms with Gasteiger partial charge in [-0.1, -0.05) is 87.5 Å². The number of rotatable bonds is 7. The molecule has 10 heteroatoms. The molecular weight excluding hydrogens is 611 g/mol. The number of fused-ring (bicyclic) bond motifs is 2. The van der Waals surface area contributed by atoms with E-state index in [2.05, 4.69) is 84.6 Å². The SMILES string of the molecule is CC(C)(C)[Si](O[C@@H]1CC[C@@H](Nc2nc(-n3cnc4ccc(F)cc43)ncc2N)c2cc(F)ccc21)(c1ccccc1)c1ccccc1. The Morgan fingerprint density at radius 3 is 2.17 bits per heavy atom. The van der Waals surface area contributed by atoms with Crippen molar-refractivity contribution < 1.29 is 13.2 Å². The van der Waals surface area contributed by atoms with Crippen molar-refractivity contribution in [3.05, 3.63) is 132 Å². The van der Waals surface area contributed by atoms with E-state index >= 15 is 0 Å². The number of benzene rings is 4. The molecule has 1 aliphatic rings. The number of anilines is 2. The Labute approximate surface area is 273 Å². The quantitative estimate of drug-likeness (QED) is 0.178. The summed E-state index contributed by atoms with van der Waals surface area (Å²) in [4.78, 5) is 13.5. The minimum atomic E-state index is -2.88. The Balaban J connectivity index is 1.26. The van der Waals surface area contributed by atoms with Crippen LogP contribution in [0.15, 0.2) is 110 Å². The Morgan fingerprint density at radius 2 is 1.49 bits per heavy atom. The minimum Gasteiger partial charge on any atom is -0.400 e. The average molecular weight is 647 g/mol. The van der Waals surface area contributed by atoms with Crippen molar-refractivity contribution in [3.8, 4) is 5.95 Å². The van der Waals surface area contributed by atoms with Crippen LogP contribution in [0.3, 0.4) is 0 Å². The lowest BCUT2D eigenvalue weighted by molar-refractivity contribution is 0.165. The maximum Gasteiger partial charge on any atom is 0.261 e. The maximum atomic E-state index is 14.9. The topological polar surface area (TPSA) is 90.9 Å². The van der Waals surface area contributed by atoms with Crippen LogP contribution >= 0.6 is 0 Å². The van der Waals surface area contributed by atoms with Gasteiger partial charge in [0.25, 0.3) is 8.32 Å². The van der Waals surface area contributed by atoms with Gasteiger partial charge in [0.1, 0.15) is 18.0 Å². The van der Waals surface area contributed by atoms with Gasteiger partial charge in [-0.05, 0) is 63.6 Å². The lowest BCUT2D eigenvalue weighted by Gasteiger charge is -2.46. The molecule has 238 valence electrons. The third-order valence-corrected chi connectivity index (χ3v) is 14.1. The van der Waals surface area contributed by atoms with E-state index in [0.717, 1.165) is 11.1 Å². The molecule has 0 saturated heterocycles. The van der Waals surface area contributed by atoms with Crippen LogP contribution in [0.1, 0.15) is 56.9 Å². The molecule has 0 saturated carbocycles. The zero-order valence-corrected chi connectivity index (χ0v) is 27.5. The normalized spacial score (nSPS) is 16.6. The zero-order valence-electron chi connectivity index (χ0n) is 26.5. The first-order valence-corrected chi connectivity index (χ1v) is 17.6. The lowest BCUT2D eigenvalue weighted by Crippen LogP contribution is -2.67. The van der Waals surface area contributed by atoms with Gasteiger partial charge in [0.2, 0.25) is 5.95 Å². The summed E-state index contributed by atoms with van der Waals surface area (Å²) in [5.74, 6) is -0.0218. The molecule has 7 rings (SSSR count). The summed E-state index contributed by atoms with van der Waals surface area (Å²) < 4.78 is 38.2. The van der Waals surface area contributed by atoms with Gasteiger partial charge in [-0.2, -0.15) is 4.98 Å². The van der Waals surface area contributed by atoms with Crippen LogP contribution in [0.4, 0.5) is 20.3 Å². The van der Waals surface area contributed by atoms with Gasteiger partial charge in [0.15, 0.2) is 5.82 Å². The van der Waals surface area contributed by atoms with E-state index in [1.165, 1.54) is 34.8 Å². The predicted molar refractivity (Wildman–Crippen MR) is 184 cm³/mol. The van der Waals surface area contributed by atoms with Crippen LogP contribution in [0, 0.1) is 11.6 Å². The molecule has 0 aliphatic heterocycles. The summed E-state index contributed by atoms with van der Waals surface area (Å²) >= 11 is 0. The van der Waals surface area contributed by atoms with Gasteiger partial charge in [0, 0.05) is 6.07 Å². The second-order valence-electron chi connectivity index (χ2n) is 13.0. The first-order valence-electron chi connectivity index (χ1n) is 15.7. The highest BCUT2D eigenvalue weighted by Gasteiger charge is 2.52. The summed E-state index contributed by atoms with van der Waals surface area (Å²) in [6.07, 6.45) is 4.15. The van der Waals surface area contributed by atoms with Crippen LogP contribution in [-0.4, -0.2) is 27.8 Å². The van der Waals surface area contributed by atoms with Crippen LogP contribution in [0.25, 0.3) is 17.0 Å². The smallest absolute Gasteiger partial charge is 0.261 e. The first kappa shape index (κ1) is 30.7. The lowest BCUT2D eigenvalue weighted by atomic mass is 9.85. The number of hydrogen-bond donors (Lipinski definition) is 2. The van der Waals surface area contributed by atoms with Crippen molar-refractivity contribution in [1.29, 1.82) is 0 Å². The molecule has 0 radical (unpaired) electrons. The largest absolute Gasteiger partial charge is 0.400 e. The Bertz CT molecular complexity index is 2010. The number of nitrogens with two attached hydrogens (primary N) is 1. The zero-order chi connectivity index (χ0) is 32.8. The number of nitrogen functional groups attached to an aromatic ring is 1. The minimum absolute atomic E-state index is 0.211. The Hall–Kier alpha value is -4.93. The average Bonchev–Trinajstić information content (AvgIpc) is 3.48. The van der Waals surface area contributed by atoms with Gasteiger partial charge in [0.05, 0.1) is 35.1 Å². The van der Waals surface area contributed by atoms with Crippen molar-refractivity contribution in [2.24, 2.45) is 0 Å². The highest BCUT2D eigenvalue weighted by atomic mass is 28.4. The molecule has 0 bridgehead atoms. The van der Waals surface area contributed by atoms with E-state index in [1.54, 1.807) is 23.0 Å². The number of halogens is 2. The maximum absolute atomic E-state index is 14.9. The van der Waals surface area contributed by atoms with E-state index in [4.69, 9.17) is 15.1 Å². The van der Waals surface area contributed by atoms with Crippen molar-refractivity contribution in [3.63, 3.8) is 0 Å². The monoisotopic (exact) mass is 646 g/mol. The molecule has 0 fully saturated rings. The van der Waals surface area contributed by atoms with Crippen molar-refractivity contribution >= 4 is 41.2 Å². The van der Waals surface area contributed by atoms with E-state index in [9.17, 15) is 8.78 Å². The van der Waals surface area contributed by atoms with Gasteiger partial charge in [-0.3, -0.25) is 4.57 Å². The second kappa shape index (κ2) is 12.0. The third-order valence-electron chi connectivity index (χ3n) is 9.06. The fraction of sp³-hybridized carbons (Fsp3) is 0.216. The standard InChI is InChI=1S/C37H36F2N6OSi/c1-37(2,3)47(26-10-6-4-7-11-26,27-12-8-5-9-13-27)46-34-19-18-31(29-20-24(38)14-16-28(29)34)43-35-30(40)22-41-36(44-35)45-23-42-32-17-15-25(39)21-33(32)45/h4-17,20-23,31,34H,18-19,40H2,1-3H3,(H,41,43,44)/t31-,34-/m1/s1.